The average molecular weight is 449 g/mol. The lowest BCUT2D eigenvalue weighted by Gasteiger charge is -2.60. The van der Waals surface area contributed by atoms with Gasteiger partial charge in [0, 0.05) is 17.8 Å². The number of fused-ring (bicyclic) bond motifs is 5. The molecule has 5 heteroatoms. The second-order valence-corrected chi connectivity index (χ2v) is 12.1. The molecule has 32 heavy (non-hydrogen) atoms. The minimum Gasteiger partial charge on any atom is -0.393 e. The maximum absolute atomic E-state index is 13.4. The lowest BCUT2D eigenvalue weighted by Crippen LogP contribution is -2.62. The number of ketones is 2. The molecule has 5 rings (SSSR count). The smallest absolute Gasteiger partial charge is 0.190 e. The van der Waals surface area contributed by atoms with Crippen LogP contribution in [0.2, 0.25) is 0 Å². The lowest BCUT2D eigenvalue weighted by molar-refractivity contribution is -0.180. The molecule has 3 N–H and O–H groups in total. The van der Waals surface area contributed by atoms with Gasteiger partial charge in [0.15, 0.2) is 5.78 Å². The normalized spacial score (nSPS) is 48.0. The number of hydrogen-bond donors (Lipinski definition) is 3. The molecule has 5 aliphatic rings. The predicted octanol–water partition coefficient (Wildman–Crippen LogP) is 4.20. The molecule has 5 fully saturated rings. The Bertz CT molecular complexity index is 705. The molecule has 182 valence electrons. The Kier molecular flexibility index (Phi) is 6.93. The molecule has 5 aliphatic carbocycles. The number of aliphatic hydroxyl groups is 3. The third-order valence-electron chi connectivity index (χ3n) is 10.6. The van der Waals surface area contributed by atoms with Crippen LogP contribution in [0.15, 0.2) is 0 Å². The first-order chi connectivity index (χ1) is 15.2. The van der Waals surface area contributed by atoms with Crippen LogP contribution in [0.5, 0.6) is 0 Å². The summed E-state index contributed by atoms with van der Waals surface area (Å²) in [5.74, 6) is 0.380. The van der Waals surface area contributed by atoms with E-state index in [0.29, 0.717) is 12.3 Å². The van der Waals surface area contributed by atoms with Crippen molar-refractivity contribution in [3.63, 3.8) is 0 Å². The van der Waals surface area contributed by atoms with Crippen LogP contribution in [-0.2, 0) is 9.59 Å². The van der Waals surface area contributed by atoms with Gasteiger partial charge in [-0.25, -0.2) is 0 Å². The van der Waals surface area contributed by atoms with E-state index >= 15 is 0 Å². The van der Waals surface area contributed by atoms with Gasteiger partial charge < -0.3 is 15.3 Å². The highest BCUT2D eigenvalue weighted by Crippen LogP contribution is 2.67. The van der Waals surface area contributed by atoms with Gasteiger partial charge in [-0.2, -0.15) is 0 Å². The number of carbonyl (C=O) groups excluding carboxylic acids is 2. The largest absolute Gasteiger partial charge is 0.393 e. The molecule has 0 aromatic heterocycles. The highest BCUT2D eigenvalue weighted by atomic mass is 16.3. The van der Waals surface area contributed by atoms with Crippen molar-refractivity contribution in [2.45, 2.75) is 115 Å². The second kappa shape index (κ2) is 9.11. The van der Waals surface area contributed by atoms with Crippen LogP contribution >= 0.6 is 0 Å². The Hall–Kier alpha value is -0.780. The van der Waals surface area contributed by atoms with Gasteiger partial charge in [0.25, 0.3) is 0 Å². The van der Waals surface area contributed by atoms with Crippen molar-refractivity contribution < 1.29 is 24.9 Å². The van der Waals surface area contributed by atoms with E-state index in [-0.39, 0.29) is 41.5 Å². The average Bonchev–Trinajstić information content (AvgIpc) is 3.06. The molecule has 0 bridgehead atoms. The van der Waals surface area contributed by atoms with E-state index in [1.807, 2.05) is 6.92 Å². The molecular formula is C27H44O5. The van der Waals surface area contributed by atoms with Crippen molar-refractivity contribution in [1.82, 2.24) is 0 Å². The predicted molar refractivity (Wildman–Crippen MR) is 123 cm³/mol. The van der Waals surface area contributed by atoms with Crippen LogP contribution in [0, 0.1) is 34.5 Å². The van der Waals surface area contributed by atoms with Crippen LogP contribution in [0.25, 0.3) is 0 Å². The monoisotopic (exact) mass is 448 g/mol. The highest BCUT2D eigenvalue weighted by molar-refractivity contribution is 5.92. The third-order valence-corrected chi connectivity index (χ3v) is 10.6. The minimum atomic E-state index is -1.58. The fraction of sp³-hybridized carbons (Fsp3) is 0.926. The van der Waals surface area contributed by atoms with Crippen LogP contribution in [0.3, 0.4) is 0 Å². The molecule has 0 unspecified atom stereocenters. The van der Waals surface area contributed by atoms with E-state index in [9.17, 15) is 24.9 Å². The fourth-order valence-corrected chi connectivity index (χ4v) is 8.70. The topological polar surface area (TPSA) is 94.8 Å². The van der Waals surface area contributed by atoms with Crippen LogP contribution in [-0.4, -0.2) is 45.2 Å². The second-order valence-electron chi connectivity index (χ2n) is 12.1. The van der Waals surface area contributed by atoms with Gasteiger partial charge >= 0.3 is 0 Å². The summed E-state index contributed by atoms with van der Waals surface area (Å²) in [5, 5.41) is 30.6. The summed E-state index contributed by atoms with van der Waals surface area (Å²) in [4.78, 5) is 25.7. The van der Waals surface area contributed by atoms with Gasteiger partial charge in [0.05, 0.1) is 6.10 Å². The maximum Gasteiger partial charge on any atom is 0.190 e. The molecule has 8 atom stereocenters. The van der Waals surface area contributed by atoms with E-state index in [4.69, 9.17) is 0 Å². The first kappa shape index (κ1) is 24.3. The van der Waals surface area contributed by atoms with E-state index in [1.54, 1.807) is 0 Å². The number of aliphatic hydroxyl groups excluding tert-OH is 2. The summed E-state index contributed by atoms with van der Waals surface area (Å²) in [6.45, 7) is 3.46. The Morgan fingerprint density at radius 2 is 1.59 bits per heavy atom. The van der Waals surface area contributed by atoms with E-state index in [2.05, 4.69) is 6.92 Å². The number of carbonyl (C=O) groups is 2. The van der Waals surface area contributed by atoms with Crippen LogP contribution < -0.4 is 0 Å². The number of hydrogen-bond acceptors (Lipinski definition) is 5. The van der Waals surface area contributed by atoms with Crippen molar-refractivity contribution in [2.75, 3.05) is 6.61 Å². The van der Waals surface area contributed by atoms with Gasteiger partial charge in [0.1, 0.15) is 18.0 Å². The van der Waals surface area contributed by atoms with Crippen molar-refractivity contribution in [2.24, 2.45) is 34.5 Å². The number of Topliss-reactive ketones (excluding diaryl/α,β-unsaturated/α-hetero) is 2. The number of rotatable bonds is 2. The molecule has 0 aromatic rings. The molecule has 0 radical (unpaired) electrons. The highest BCUT2D eigenvalue weighted by Gasteiger charge is 2.68. The van der Waals surface area contributed by atoms with Gasteiger partial charge in [0.2, 0.25) is 0 Å². The Balaban J connectivity index is 0.000000354. The molecule has 0 heterocycles. The molecule has 5 nitrogen and oxygen atoms in total. The first-order valence-corrected chi connectivity index (χ1v) is 13.2. The van der Waals surface area contributed by atoms with Crippen LogP contribution in [0.4, 0.5) is 0 Å². The summed E-state index contributed by atoms with van der Waals surface area (Å²) >= 11 is 0. The molecule has 0 aromatic carbocycles. The lowest BCUT2D eigenvalue weighted by atomic mass is 9.44. The van der Waals surface area contributed by atoms with Crippen LogP contribution in [0.1, 0.15) is 104 Å². The Morgan fingerprint density at radius 3 is 2.19 bits per heavy atom. The zero-order valence-corrected chi connectivity index (χ0v) is 20.2. The zero-order chi connectivity index (χ0) is 23.1. The maximum atomic E-state index is 13.4. The summed E-state index contributed by atoms with van der Waals surface area (Å²) in [6, 6.07) is 0. The zero-order valence-electron chi connectivity index (χ0n) is 20.2. The van der Waals surface area contributed by atoms with E-state index in [0.717, 1.165) is 38.5 Å². The van der Waals surface area contributed by atoms with Crippen molar-refractivity contribution in [1.29, 1.82) is 0 Å². The van der Waals surface area contributed by atoms with Crippen molar-refractivity contribution in [3.05, 3.63) is 0 Å². The summed E-state index contributed by atoms with van der Waals surface area (Å²) in [7, 11) is 0. The van der Waals surface area contributed by atoms with Crippen molar-refractivity contribution in [3.8, 4) is 0 Å². The molecule has 0 saturated heterocycles. The van der Waals surface area contributed by atoms with Gasteiger partial charge in [-0.15, -0.1) is 0 Å². The summed E-state index contributed by atoms with van der Waals surface area (Å²) < 4.78 is 0. The SMILES string of the molecule is C1CCCCC1.C[C@]12CC[C@@H](O)C[C@H]1CC[C@@H]1[C@@H]2C(=O)C[C@@]2(C)[C@H]1CC[C@]2(O)C(=O)CO. The summed E-state index contributed by atoms with van der Waals surface area (Å²) in [5.41, 5.74) is -2.40. The van der Waals surface area contributed by atoms with Gasteiger partial charge in [-0.3, -0.25) is 9.59 Å². The van der Waals surface area contributed by atoms with Crippen molar-refractivity contribution >= 4 is 11.6 Å². The molecule has 0 amide bonds. The quantitative estimate of drug-likeness (QED) is 0.588. The molecular weight excluding hydrogens is 404 g/mol. The van der Waals surface area contributed by atoms with E-state index < -0.39 is 23.4 Å². The summed E-state index contributed by atoms with van der Waals surface area (Å²) in [6.07, 6.45) is 14.5. The third kappa shape index (κ3) is 3.80. The van der Waals surface area contributed by atoms with Gasteiger partial charge in [-0.1, -0.05) is 52.4 Å². The molecule has 0 spiro atoms. The standard InChI is InChI=1S/C21H32O5.C6H12/c1-19-7-5-13(23)9-12(19)3-4-14-15-6-8-21(26,17(25)11-22)20(15,2)10-16(24)18(14)19;1-2-4-6-5-3-1/h12-15,18,22-23,26H,3-11H2,1-2H3;1-6H2/t12-,13-,14+,15+,18-,19+,20+,21+;/m1./s1. The molecule has 5 saturated carbocycles. The Labute approximate surface area is 193 Å². The first-order valence-electron chi connectivity index (χ1n) is 13.2. The minimum absolute atomic E-state index is 0.0154. The van der Waals surface area contributed by atoms with E-state index in [1.165, 1.54) is 38.5 Å². The Morgan fingerprint density at radius 1 is 0.969 bits per heavy atom. The molecule has 0 aliphatic heterocycles. The fourth-order valence-electron chi connectivity index (χ4n) is 8.70. The van der Waals surface area contributed by atoms with Gasteiger partial charge in [-0.05, 0) is 68.1 Å².